The van der Waals surface area contributed by atoms with E-state index in [9.17, 15) is 13.2 Å². The molecule has 0 spiro atoms. The van der Waals surface area contributed by atoms with Gasteiger partial charge >= 0.3 is 0 Å². The molecule has 3 heterocycles. The van der Waals surface area contributed by atoms with Crippen LogP contribution in [-0.4, -0.2) is 38.6 Å². The number of carbonyl (C=O) groups excluding carboxylic acids is 1. The number of fused-ring (bicyclic) bond motifs is 2. The van der Waals surface area contributed by atoms with Gasteiger partial charge in [-0.2, -0.15) is 0 Å². The number of rotatable bonds is 2. The Labute approximate surface area is 145 Å². The molecule has 1 aromatic heterocycles. The highest BCUT2D eigenvalue weighted by Crippen LogP contribution is 2.31. The fourth-order valence-corrected chi connectivity index (χ4v) is 5.30. The highest BCUT2D eigenvalue weighted by atomic mass is 32.2. The summed E-state index contributed by atoms with van der Waals surface area (Å²) in [5, 5.41) is 2.08. The summed E-state index contributed by atoms with van der Waals surface area (Å²) in [6, 6.07) is 7.45. The summed E-state index contributed by atoms with van der Waals surface area (Å²) in [6.07, 6.45) is 2.77. The molecule has 2 aliphatic rings. The average molecular weight is 362 g/mol. The van der Waals surface area contributed by atoms with E-state index in [0.29, 0.717) is 30.8 Å². The van der Waals surface area contributed by atoms with Crippen molar-refractivity contribution < 1.29 is 13.2 Å². The Hall–Kier alpha value is -1.86. The second-order valence-corrected chi connectivity index (χ2v) is 9.18. The first-order valence-electron chi connectivity index (χ1n) is 7.88. The Balaban J connectivity index is 1.59. The van der Waals surface area contributed by atoms with Crippen molar-refractivity contribution in [2.45, 2.75) is 19.4 Å². The zero-order valence-corrected chi connectivity index (χ0v) is 15.0. The van der Waals surface area contributed by atoms with Crippen molar-refractivity contribution in [2.24, 2.45) is 0 Å². The fraction of sp³-hybridized carbons (Fsp3) is 0.353. The van der Waals surface area contributed by atoms with Crippen molar-refractivity contribution in [1.82, 2.24) is 4.90 Å². The van der Waals surface area contributed by atoms with E-state index in [1.54, 1.807) is 23.5 Å². The standard InChI is InChI=1S/C17H18N2O3S2/c1-24(21,22)19-8-4-12-10-13(2-3-15(12)19)17(20)18-7-5-16-14(11-18)6-9-23-16/h2-3,6,9-10H,4-5,7-8,11H2,1H3. The molecular formula is C17H18N2O3S2. The van der Waals surface area contributed by atoms with E-state index in [1.165, 1.54) is 21.0 Å². The van der Waals surface area contributed by atoms with E-state index in [2.05, 4.69) is 11.4 Å². The molecule has 0 N–H and O–H groups in total. The van der Waals surface area contributed by atoms with Crippen LogP contribution in [-0.2, 0) is 29.4 Å². The molecule has 2 aromatic rings. The van der Waals surface area contributed by atoms with E-state index in [1.807, 2.05) is 11.0 Å². The molecule has 0 saturated carbocycles. The Morgan fingerprint density at radius 2 is 1.96 bits per heavy atom. The number of benzene rings is 1. The van der Waals surface area contributed by atoms with Crippen LogP contribution in [0.2, 0.25) is 0 Å². The number of sulfonamides is 1. The smallest absolute Gasteiger partial charge is 0.254 e. The maximum atomic E-state index is 12.8. The lowest BCUT2D eigenvalue weighted by Crippen LogP contribution is -2.35. The van der Waals surface area contributed by atoms with Crippen molar-refractivity contribution in [3.63, 3.8) is 0 Å². The largest absolute Gasteiger partial charge is 0.334 e. The summed E-state index contributed by atoms with van der Waals surface area (Å²) < 4.78 is 25.0. The van der Waals surface area contributed by atoms with Crippen LogP contribution >= 0.6 is 11.3 Å². The second-order valence-electron chi connectivity index (χ2n) is 6.27. The summed E-state index contributed by atoms with van der Waals surface area (Å²) >= 11 is 1.75. The first-order valence-corrected chi connectivity index (χ1v) is 10.6. The molecule has 0 atom stereocenters. The topological polar surface area (TPSA) is 57.7 Å². The molecule has 1 aromatic carbocycles. The third-order valence-electron chi connectivity index (χ3n) is 4.67. The number of hydrogen-bond donors (Lipinski definition) is 0. The monoisotopic (exact) mass is 362 g/mol. The predicted octanol–water partition coefficient (Wildman–Crippen LogP) is 2.27. The van der Waals surface area contributed by atoms with Gasteiger partial charge in [-0.3, -0.25) is 9.10 Å². The van der Waals surface area contributed by atoms with Gasteiger partial charge in [0.1, 0.15) is 0 Å². The molecular weight excluding hydrogens is 344 g/mol. The van der Waals surface area contributed by atoms with Crippen LogP contribution in [0.5, 0.6) is 0 Å². The number of carbonyl (C=O) groups is 1. The SMILES string of the molecule is CS(=O)(=O)N1CCc2cc(C(=O)N3CCc4sccc4C3)ccc21. The van der Waals surface area contributed by atoms with E-state index >= 15 is 0 Å². The third-order valence-corrected chi connectivity index (χ3v) is 6.88. The van der Waals surface area contributed by atoms with Crippen LogP contribution in [0.25, 0.3) is 0 Å². The second kappa shape index (κ2) is 5.60. The van der Waals surface area contributed by atoms with Crippen LogP contribution < -0.4 is 4.31 Å². The number of hydrogen-bond acceptors (Lipinski definition) is 4. The van der Waals surface area contributed by atoms with Crippen LogP contribution in [0.15, 0.2) is 29.6 Å². The lowest BCUT2D eigenvalue weighted by atomic mass is 10.1. The van der Waals surface area contributed by atoms with E-state index in [0.717, 1.165) is 18.5 Å². The predicted molar refractivity (Wildman–Crippen MR) is 95.1 cm³/mol. The zero-order chi connectivity index (χ0) is 16.9. The molecule has 0 fully saturated rings. The van der Waals surface area contributed by atoms with Crippen LogP contribution in [0.3, 0.4) is 0 Å². The highest BCUT2D eigenvalue weighted by molar-refractivity contribution is 7.92. The molecule has 7 heteroatoms. The van der Waals surface area contributed by atoms with Crippen molar-refractivity contribution in [3.8, 4) is 0 Å². The minimum absolute atomic E-state index is 0.0208. The molecule has 0 unspecified atom stereocenters. The van der Waals surface area contributed by atoms with E-state index < -0.39 is 10.0 Å². The van der Waals surface area contributed by atoms with Gasteiger partial charge in [-0.25, -0.2) is 8.42 Å². The maximum Gasteiger partial charge on any atom is 0.254 e. The third kappa shape index (κ3) is 2.61. The van der Waals surface area contributed by atoms with Gasteiger partial charge in [0.25, 0.3) is 5.91 Å². The lowest BCUT2D eigenvalue weighted by Gasteiger charge is -2.27. The molecule has 0 radical (unpaired) electrons. The number of nitrogens with zero attached hydrogens (tertiary/aromatic N) is 2. The van der Waals surface area contributed by atoms with Gasteiger partial charge in [-0.15, -0.1) is 11.3 Å². The van der Waals surface area contributed by atoms with Gasteiger partial charge in [-0.1, -0.05) is 0 Å². The molecule has 0 aliphatic carbocycles. The molecule has 0 saturated heterocycles. The summed E-state index contributed by atoms with van der Waals surface area (Å²) in [5.41, 5.74) is 3.51. The van der Waals surface area contributed by atoms with Crippen molar-refractivity contribution in [2.75, 3.05) is 23.7 Å². The molecule has 1 amide bonds. The van der Waals surface area contributed by atoms with Gasteiger partial charge in [0, 0.05) is 30.1 Å². The Morgan fingerprint density at radius 3 is 2.75 bits per heavy atom. The number of thiophene rings is 1. The molecule has 4 rings (SSSR count). The van der Waals surface area contributed by atoms with Gasteiger partial charge < -0.3 is 4.90 Å². The van der Waals surface area contributed by atoms with Gasteiger partial charge in [0.15, 0.2) is 0 Å². The Bertz CT molecular complexity index is 918. The Morgan fingerprint density at radius 1 is 1.12 bits per heavy atom. The molecule has 2 aliphatic heterocycles. The molecule has 126 valence electrons. The van der Waals surface area contributed by atoms with Gasteiger partial charge in [-0.05, 0) is 53.6 Å². The summed E-state index contributed by atoms with van der Waals surface area (Å²) in [6.45, 7) is 1.84. The van der Waals surface area contributed by atoms with Crippen molar-refractivity contribution in [1.29, 1.82) is 0 Å². The van der Waals surface area contributed by atoms with Crippen molar-refractivity contribution in [3.05, 3.63) is 51.2 Å². The first-order chi connectivity index (χ1) is 11.4. The van der Waals surface area contributed by atoms with E-state index in [-0.39, 0.29) is 5.91 Å². The molecule has 0 bridgehead atoms. The van der Waals surface area contributed by atoms with Gasteiger partial charge in [0.05, 0.1) is 11.9 Å². The first kappa shape index (κ1) is 15.7. The van der Waals surface area contributed by atoms with Gasteiger partial charge in [0.2, 0.25) is 10.0 Å². The minimum atomic E-state index is -3.26. The molecule has 5 nitrogen and oxygen atoms in total. The van der Waals surface area contributed by atoms with Crippen LogP contribution in [0, 0.1) is 0 Å². The van der Waals surface area contributed by atoms with Crippen molar-refractivity contribution >= 4 is 33.0 Å². The zero-order valence-electron chi connectivity index (χ0n) is 13.4. The maximum absolute atomic E-state index is 12.8. The number of anilines is 1. The summed E-state index contributed by atoms with van der Waals surface area (Å²) in [5.74, 6) is 0.0208. The molecule has 24 heavy (non-hydrogen) atoms. The fourth-order valence-electron chi connectivity index (χ4n) is 3.45. The Kier molecular flexibility index (Phi) is 3.65. The number of amides is 1. The summed E-state index contributed by atoms with van der Waals surface area (Å²) in [7, 11) is -3.26. The minimum Gasteiger partial charge on any atom is -0.334 e. The average Bonchev–Trinajstić information content (AvgIpc) is 3.18. The van der Waals surface area contributed by atoms with Crippen LogP contribution in [0.1, 0.15) is 26.4 Å². The normalized spacial score (nSPS) is 16.9. The van der Waals surface area contributed by atoms with E-state index in [4.69, 9.17) is 0 Å². The summed E-state index contributed by atoms with van der Waals surface area (Å²) in [4.78, 5) is 16.1. The lowest BCUT2D eigenvalue weighted by molar-refractivity contribution is 0.0736. The quantitative estimate of drug-likeness (QED) is 0.823. The van der Waals surface area contributed by atoms with Crippen LogP contribution in [0.4, 0.5) is 5.69 Å². The highest BCUT2D eigenvalue weighted by Gasteiger charge is 2.28.